The number of hydrogen-bond acceptors (Lipinski definition) is 9. The topological polar surface area (TPSA) is 132 Å². The zero-order valence-electron chi connectivity index (χ0n) is 18.9. The number of aromatic hydroxyl groups is 1. The fraction of sp³-hybridized carbons (Fsp3) is 0.0800. The van der Waals surface area contributed by atoms with Crippen LogP contribution in [0.25, 0.3) is 22.5 Å². The van der Waals surface area contributed by atoms with E-state index in [0.29, 0.717) is 22.9 Å². The monoisotopic (exact) mass is 471 g/mol. The SMILES string of the molecule is COc1ccc(-c2cc(-c3ccccc3)nc(N/N=C/c3cc([N+](=O)[O-])ccc3O)n2)cc1OC. The van der Waals surface area contributed by atoms with Gasteiger partial charge in [-0.2, -0.15) is 5.10 Å². The molecule has 4 aromatic rings. The van der Waals surface area contributed by atoms with Crippen molar-refractivity contribution in [2.24, 2.45) is 5.10 Å². The van der Waals surface area contributed by atoms with E-state index in [-0.39, 0.29) is 22.9 Å². The molecule has 3 aromatic carbocycles. The fourth-order valence-corrected chi connectivity index (χ4v) is 3.32. The number of phenolic OH excluding ortho intramolecular Hbond substituents is 1. The Kier molecular flexibility index (Phi) is 6.82. The zero-order valence-corrected chi connectivity index (χ0v) is 18.9. The number of hydrazone groups is 1. The number of nitro benzene ring substituents is 1. The third-order valence-corrected chi connectivity index (χ3v) is 5.07. The van der Waals surface area contributed by atoms with Crippen LogP contribution in [0.1, 0.15) is 5.56 Å². The molecule has 2 N–H and O–H groups in total. The number of benzene rings is 3. The average molecular weight is 471 g/mol. The molecule has 0 spiro atoms. The minimum atomic E-state index is -0.550. The summed E-state index contributed by atoms with van der Waals surface area (Å²) in [4.78, 5) is 19.6. The number of nitrogens with one attached hydrogen (secondary N) is 1. The molecule has 0 aliphatic heterocycles. The van der Waals surface area contributed by atoms with E-state index in [9.17, 15) is 15.2 Å². The number of phenols is 1. The first-order chi connectivity index (χ1) is 17.0. The van der Waals surface area contributed by atoms with Crippen LogP contribution in [-0.4, -0.2) is 40.4 Å². The van der Waals surface area contributed by atoms with Gasteiger partial charge >= 0.3 is 0 Å². The summed E-state index contributed by atoms with van der Waals surface area (Å²) in [5.74, 6) is 1.19. The summed E-state index contributed by atoms with van der Waals surface area (Å²) in [5, 5.41) is 25.1. The number of nitrogens with zero attached hydrogens (tertiary/aromatic N) is 4. The summed E-state index contributed by atoms with van der Waals surface area (Å²) in [6.07, 6.45) is 1.26. The van der Waals surface area contributed by atoms with Crippen LogP contribution in [0.4, 0.5) is 11.6 Å². The molecule has 0 unspecified atom stereocenters. The van der Waals surface area contributed by atoms with Gasteiger partial charge in [-0.3, -0.25) is 10.1 Å². The number of hydrogen-bond donors (Lipinski definition) is 2. The molecule has 1 aromatic heterocycles. The summed E-state index contributed by atoms with van der Waals surface area (Å²) < 4.78 is 10.7. The van der Waals surface area contributed by atoms with E-state index in [0.717, 1.165) is 11.1 Å². The van der Waals surface area contributed by atoms with Gasteiger partial charge < -0.3 is 14.6 Å². The Balaban J connectivity index is 1.71. The van der Waals surface area contributed by atoms with E-state index in [1.807, 2.05) is 48.5 Å². The molecule has 0 atom stereocenters. The molecule has 0 saturated carbocycles. The van der Waals surface area contributed by atoms with Crippen LogP contribution in [0.15, 0.2) is 77.9 Å². The minimum absolute atomic E-state index is 0.147. The third-order valence-electron chi connectivity index (χ3n) is 5.07. The molecule has 10 nitrogen and oxygen atoms in total. The normalized spacial score (nSPS) is 10.8. The number of non-ortho nitro benzene ring substituents is 1. The number of rotatable bonds is 8. The second kappa shape index (κ2) is 10.3. The molecule has 0 fully saturated rings. The molecule has 0 saturated heterocycles. The van der Waals surface area contributed by atoms with E-state index in [1.54, 1.807) is 20.3 Å². The zero-order chi connectivity index (χ0) is 24.8. The highest BCUT2D eigenvalue weighted by Gasteiger charge is 2.12. The van der Waals surface area contributed by atoms with Crippen LogP contribution in [-0.2, 0) is 0 Å². The van der Waals surface area contributed by atoms with Gasteiger partial charge in [0.2, 0.25) is 5.95 Å². The first kappa shape index (κ1) is 23.2. The highest BCUT2D eigenvalue weighted by Crippen LogP contribution is 2.33. The second-order valence-corrected chi connectivity index (χ2v) is 7.27. The van der Waals surface area contributed by atoms with Gasteiger partial charge in [-0.15, -0.1) is 0 Å². The molecule has 35 heavy (non-hydrogen) atoms. The Morgan fingerprint density at radius 1 is 0.914 bits per heavy atom. The van der Waals surface area contributed by atoms with Crippen molar-refractivity contribution >= 4 is 17.9 Å². The molecule has 0 aliphatic carbocycles. The van der Waals surface area contributed by atoms with Crippen molar-refractivity contribution < 1.29 is 19.5 Å². The molecular weight excluding hydrogens is 450 g/mol. The Morgan fingerprint density at radius 2 is 1.63 bits per heavy atom. The van der Waals surface area contributed by atoms with Crippen LogP contribution >= 0.6 is 0 Å². The lowest BCUT2D eigenvalue weighted by atomic mass is 10.1. The molecule has 0 aliphatic rings. The minimum Gasteiger partial charge on any atom is -0.507 e. The smallest absolute Gasteiger partial charge is 0.270 e. The van der Waals surface area contributed by atoms with Gasteiger partial charge in [0.15, 0.2) is 11.5 Å². The molecule has 176 valence electrons. The number of nitro groups is 1. The molecule has 0 radical (unpaired) electrons. The lowest BCUT2D eigenvalue weighted by Crippen LogP contribution is -2.01. The molecule has 10 heteroatoms. The summed E-state index contributed by atoms with van der Waals surface area (Å²) in [6, 6.07) is 20.5. The quantitative estimate of drug-likeness (QED) is 0.211. The first-order valence-corrected chi connectivity index (χ1v) is 10.4. The summed E-state index contributed by atoms with van der Waals surface area (Å²) in [5.41, 5.74) is 5.66. The maximum Gasteiger partial charge on any atom is 0.270 e. The van der Waals surface area contributed by atoms with E-state index < -0.39 is 4.92 Å². The number of aromatic nitrogens is 2. The number of ether oxygens (including phenoxy) is 2. The lowest BCUT2D eigenvalue weighted by Gasteiger charge is -2.11. The van der Waals surface area contributed by atoms with Gasteiger partial charge in [0.1, 0.15) is 5.75 Å². The highest BCUT2D eigenvalue weighted by molar-refractivity contribution is 5.85. The lowest BCUT2D eigenvalue weighted by molar-refractivity contribution is -0.384. The Hall–Kier alpha value is -4.99. The largest absolute Gasteiger partial charge is 0.507 e. The fourth-order valence-electron chi connectivity index (χ4n) is 3.32. The van der Waals surface area contributed by atoms with Crippen molar-refractivity contribution in [3.05, 3.63) is 88.5 Å². The molecule has 0 bridgehead atoms. The van der Waals surface area contributed by atoms with Crippen molar-refractivity contribution in [1.29, 1.82) is 0 Å². The maximum atomic E-state index is 11.0. The Morgan fingerprint density at radius 3 is 2.31 bits per heavy atom. The Bertz CT molecular complexity index is 1390. The molecular formula is C25H21N5O5. The first-order valence-electron chi connectivity index (χ1n) is 10.4. The van der Waals surface area contributed by atoms with Gasteiger partial charge in [0.25, 0.3) is 5.69 Å². The number of anilines is 1. The van der Waals surface area contributed by atoms with Gasteiger partial charge in [-0.1, -0.05) is 30.3 Å². The van der Waals surface area contributed by atoms with Crippen LogP contribution in [0.2, 0.25) is 0 Å². The predicted octanol–water partition coefficient (Wildman–Crippen LogP) is 4.89. The second-order valence-electron chi connectivity index (χ2n) is 7.27. The molecule has 4 rings (SSSR count). The van der Waals surface area contributed by atoms with Crippen LogP contribution in [0, 0.1) is 10.1 Å². The summed E-state index contributed by atoms with van der Waals surface area (Å²) >= 11 is 0. The van der Waals surface area contributed by atoms with Gasteiger partial charge in [-0.25, -0.2) is 15.4 Å². The van der Waals surface area contributed by atoms with E-state index in [4.69, 9.17) is 9.47 Å². The maximum absolute atomic E-state index is 11.0. The average Bonchev–Trinajstić information content (AvgIpc) is 2.89. The number of methoxy groups -OCH3 is 2. The Labute approximate surface area is 200 Å². The molecule has 1 heterocycles. The van der Waals surface area contributed by atoms with Gasteiger partial charge in [0.05, 0.1) is 36.7 Å². The molecule has 0 amide bonds. The van der Waals surface area contributed by atoms with Gasteiger partial charge in [0, 0.05) is 28.8 Å². The standard InChI is InChI=1S/C25H21N5O5/c1-34-23-11-8-17(13-24(23)35-2)21-14-20(16-6-4-3-5-7-16)27-25(28-21)29-26-15-18-12-19(30(32)33)9-10-22(18)31/h3-15,31H,1-2H3,(H,27,28,29)/b26-15+. The highest BCUT2D eigenvalue weighted by atomic mass is 16.6. The van der Waals surface area contributed by atoms with E-state index >= 15 is 0 Å². The van der Waals surface area contributed by atoms with Gasteiger partial charge in [-0.05, 0) is 30.3 Å². The van der Waals surface area contributed by atoms with Crippen molar-refractivity contribution in [3.8, 4) is 39.8 Å². The van der Waals surface area contributed by atoms with Crippen molar-refractivity contribution in [2.75, 3.05) is 19.6 Å². The van der Waals surface area contributed by atoms with Crippen molar-refractivity contribution in [2.45, 2.75) is 0 Å². The summed E-state index contributed by atoms with van der Waals surface area (Å²) in [7, 11) is 3.12. The van der Waals surface area contributed by atoms with Crippen LogP contribution in [0.3, 0.4) is 0 Å². The van der Waals surface area contributed by atoms with Crippen LogP contribution in [0.5, 0.6) is 17.2 Å². The van der Waals surface area contributed by atoms with E-state index in [2.05, 4.69) is 20.5 Å². The van der Waals surface area contributed by atoms with Crippen LogP contribution < -0.4 is 14.9 Å². The third kappa shape index (κ3) is 5.33. The van der Waals surface area contributed by atoms with Crippen molar-refractivity contribution in [3.63, 3.8) is 0 Å². The van der Waals surface area contributed by atoms with Crippen molar-refractivity contribution in [1.82, 2.24) is 9.97 Å². The van der Waals surface area contributed by atoms with E-state index in [1.165, 1.54) is 24.4 Å². The summed E-state index contributed by atoms with van der Waals surface area (Å²) in [6.45, 7) is 0. The predicted molar refractivity (Wildman–Crippen MR) is 132 cm³/mol.